The monoisotopic (exact) mass is 250 g/mol. The van der Waals surface area contributed by atoms with Crippen LogP contribution < -0.4 is 0 Å². The van der Waals surface area contributed by atoms with Crippen LogP contribution in [0, 0.1) is 0 Å². The summed E-state index contributed by atoms with van der Waals surface area (Å²) in [5.74, 6) is -0.922. The third-order valence-corrected chi connectivity index (χ3v) is 2.49. The van der Waals surface area contributed by atoms with Crippen molar-refractivity contribution in [1.82, 2.24) is 9.88 Å². The van der Waals surface area contributed by atoms with Gasteiger partial charge in [-0.05, 0) is 18.6 Å². The molecule has 0 unspecified atom stereocenters. The van der Waals surface area contributed by atoms with Crippen LogP contribution in [-0.4, -0.2) is 33.4 Å². The van der Waals surface area contributed by atoms with Gasteiger partial charge in [-0.25, -0.2) is 0 Å². The van der Waals surface area contributed by atoms with Crippen molar-refractivity contribution >= 4 is 11.9 Å². The fourth-order valence-corrected chi connectivity index (χ4v) is 1.58. The molecule has 1 rings (SSSR count). The van der Waals surface area contributed by atoms with Crippen LogP contribution in [0.15, 0.2) is 24.4 Å². The van der Waals surface area contributed by atoms with Crippen LogP contribution in [0.5, 0.6) is 0 Å². The third-order valence-electron chi connectivity index (χ3n) is 2.49. The quantitative estimate of drug-likeness (QED) is 0.799. The maximum absolute atomic E-state index is 11.9. The maximum Gasteiger partial charge on any atom is 0.305 e. The molecule has 0 aliphatic carbocycles. The number of aliphatic carboxylic acids is 1. The molecule has 0 spiro atoms. The van der Waals surface area contributed by atoms with Gasteiger partial charge in [0.15, 0.2) is 0 Å². The molecule has 5 nitrogen and oxygen atoms in total. The summed E-state index contributed by atoms with van der Waals surface area (Å²) in [5, 5.41) is 8.69. The maximum atomic E-state index is 11.9. The molecule has 18 heavy (non-hydrogen) atoms. The summed E-state index contributed by atoms with van der Waals surface area (Å²) >= 11 is 0. The topological polar surface area (TPSA) is 70.5 Å². The largest absolute Gasteiger partial charge is 0.481 e. The number of nitrogens with zero attached hydrogens (tertiary/aromatic N) is 2. The molecular weight excluding hydrogens is 232 g/mol. The number of amides is 1. The first-order valence-corrected chi connectivity index (χ1v) is 6.03. The van der Waals surface area contributed by atoms with Crippen LogP contribution >= 0.6 is 0 Å². The summed E-state index contributed by atoms with van der Waals surface area (Å²) < 4.78 is 0. The Morgan fingerprint density at radius 2 is 2.11 bits per heavy atom. The molecule has 5 heteroatoms. The van der Waals surface area contributed by atoms with E-state index in [1.165, 1.54) is 0 Å². The smallest absolute Gasteiger partial charge is 0.305 e. The fourth-order valence-electron chi connectivity index (χ4n) is 1.58. The van der Waals surface area contributed by atoms with E-state index in [0.29, 0.717) is 13.0 Å². The van der Waals surface area contributed by atoms with E-state index >= 15 is 0 Å². The van der Waals surface area contributed by atoms with E-state index in [1.807, 2.05) is 19.1 Å². The molecule has 0 bridgehead atoms. The number of carboxylic acid groups (broad SMARTS) is 1. The van der Waals surface area contributed by atoms with Crippen molar-refractivity contribution in [2.75, 3.05) is 6.54 Å². The number of rotatable bonds is 7. The number of aromatic nitrogens is 1. The van der Waals surface area contributed by atoms with Crippen LogP contribution in [0.1, 0.15) is 31.9 Å². The van der Waals surface area contributed by atoms with E-state index in [1.54, 1.807) is 17.2 Å². The first kappa shape index (κ1) is 14.2. The SMILES string of the molecule is CCCC(=O)N(CCC(=O)O)Cc1ccccn1. The van der Waals surface area contributed by atoms with Gasteiger partial charge >= 0.3 is 5.97 Å². The second-order valence-corrected chi connectivity index (χ2v) is 4.03. The molecule has 0 aliphatic rings. The summed E-state index contributed by atoms with van der Waals surface area (Å²) in [4.78, 5) is 28.2. The van der Waals surface area contributed by atoms with Crippen molar-refractivity contribution in [3.63, 3.8) is 0 Å². The number of carboxylic acids is 1. The number of carbonyl (C=O) groups is 2. The Labute approximate surface area is 106 Å². The van der Waals surface area contributed by atoms with E-state index in [4.69, 9.17) is 5.11 Å². The van der Waals surface area contributed by atoms with Crippen LogP contribution in [0.25, 0.3) is 0 Å². The molecule has 0 fully saturated rings. The molecule has 1 aromatic heterocycles. The van der Waals surface area contributed by atoms with Gasteiger partial charge < -0.3 is 10.0 Å². The van der Waals surface area contributed by atoms with Crippen LogP contribution in [0.4, 0.5) is 0 Å². The molecule has 1 N–H and O–H groups in total. The summed E-state index contributed by atoms with van der Waals surface area (Å²) in [5.41, 5.74) is 0.771. The van der Waals surface area contributed by atoms with Gasteiger partial charge in [0.25, 0.3) is 0 Å². The van der Waals surface area contributed by atoms with Gasteiger partial charge in [-0.2, -0.15) is 0 Å². The molecule has 0 atom stereocenters. The van der Waals surface area contributed by atoms with Gasteiger partial charge in [-0.3, -0.25) is 14.6 Å². The van der Waals surface area contributed by atoms with Crippen LogP contribution in [-0.2, 0) is 16.1 Å². The molecule has 0 aliphatic heterocycles. The molecule has 98 valence electrons. The van der Waals surface area contributed by atoms with E-state index in [9.17, 15) is 9.59 Å². The Kier molecular flexibility index (Phi) is 5.84. The molecule has 1 aromatic rings. The lowest BCUT2D eigenvalue weighted by atomic mass is 10.2. The number of hydrogen-bond acceptors (Lipinski definition) is 3. The van der Waals surface area contributed by atoms with E-state index < -0.39 is 5.97 Å². The van der Waals surface area contributed by atoms with Gasteiger partial charge in [0.2, 0.25) is 5.91 Å². The molecular formula is C13H18N2O3. The minimum atomic E-state index is -0.898. The fraction of sp³-hybridized carbons (Fsp3) is 0.462. The highest BCUT2D eigenvalue weighted by Crippen LogP contribution is 2.06. The Bertz CT molecular complexity index is 392. The normalized spacial score (nSPS) is 10.1. The Hall–Kier alpha value is -1.91. The van der Waals surface area contributed by atoms with Crippen LogP contribution in [0.2, 0.25) is 0 Å². The van der Waals surface area contributed by atoms with Crippen molar-refractivity contribution < 1.29 is 14.7 Å². The summed E-state index contributed by atoms with van der Waals surface area (Å²) in [7, 11) is 0. The second kappa shape index (κ2) is 7.42. The Balaban J connectivity index is 2.64. The lowest BCUT2D eigenvalue weighted by Crippen LogP contribution is -2.32. The highest BCUT2D eigenvalue weighted by molar-refractivity contribution is 5.76. The lowest BCUT2D eigenvalue weighted by molar-refractivity contribution is -0.138. The molecule has 1 heterocycles. The van der Waals surface area contributed by atoms with Gasteiger partial charge in [0.1, 0.15) is 0 Å². The number of pyridine rings is 1. The van der Waals surface area contributed by atoms with Gasteiger partial charge in [-0.1, -0.05) is 13.0 Å². The number of carbonyl (C=O) groups excluding carboxylic acids is 1. The predicted molar refractivity (Wildman–Crippen MR) is 66.8 cm³/mol. The van der Waals surface area contributed by atoms with Gasteiger partial charge in [0, 0.05) is 19.2 Å². The minimum absolute atomic E-state index is 0.0237. The highest BCUT2D eigenvalue weighted by atomic mass is 16.4. The summed E-state index contributed by atoms with van der Waals surface area (Å²) in [6.45, 7) is 2.52. The van der Waals surface area contributed by atoms with Gasteiger partial charge in [0.05, 0.1) is 18.7 Å². The first-order chi connectivity index (χ1) is 8.63. The molecule has 1 amide bonds. The average Bonchev–Trinajstić information content (AvgIpc) is 2.35. The number of hydrogen-bond donors (Lipinski definition) is 1. The molecule has 0 radical (unpaired) electrons. The Morgan fingerprint density at radius 1 is 1.33 bits per heavy atom. The predicted octanol–water partition coefficient (Wildman–Crippen LogP) is 1.69. The van der Waals surface area contributed by atoms with E-state index in [-0.39, 0.29) is 18.9 Å². The van der Waals surface area contributed by atoms with Crippen molar-refractivity contribution in [2.45, 2.75) is 32.7 Å². The second-order valence-electron chi connectivity index (χ2n) is 4.03. The summed E-state index contributed by atoms with van der Waals surface area (Å²) in [6.07, 6.45) is 2.81. The van der Waals surface area contributed by atoms with Crippen molar-refractivity contribution in [3.05, 3.63) is 30.1 Å². The zero-order chi connectivity index (χ0) is 13.4. The zero-order valence-electron chi connectivity index (χ0n) is 10.5. The minimum Gasteiger partial charge on any atom is -0.481 e. The standard InChI is InChI=1S/C13H18N2O3/c1-2-5-12(16)15(9-7-13(17)18)10-11-6-3-4-8-14-11/h3-4,6,8H,2,5,7,9-10H2,1H3,(H,17,18). The molecule has 0 saturated carbocycles. The molecule has 0 aromatic carbocycles. The summed E-state index contributed by atoms with van der Waals surface area (Å²) in [6, 6.07) is 5.48. The van der Waals surface area contributed by atoms with Crippen LogP contribution in [0.3, 0.4) is 0 Å². The van der Waals surface area contributed by atoms with Crippen molar-refractivity contribution in [2.24, 2.45) is 0 Å². The van der Waals surface area contributed by atoms with Crippen molar-refractivity contribution in [1.29, 1.82) is 0 Å². The third kappa shape index (κ3) is 4.95. The first-order valence-electron chi connectivity index (χ1n) is 6.03. The van der Waals surface area contributed by atoms with E-state index in [0.717, 1.165) is 12.1 Å². The highest BCUT2D eigenvalue weighted by Gasteiger charge is 2.14. The van der Waals surface area contributed by atoms with E-state index in [2.05, 4.69) is 4.98 Å². The lowest BCUT2D eigenvalue weighted by Gasteiger charge is -2.21. The Morgan fingerprint density at radius 3 is 2.67 bits per heavy atom. The van der Waals surface area contributed by atoms with Crippen molar-refractivity contribution in [3.8, 4) is 0 Å². The molecule has 0 saturated heterocycles. The van der Waals surface area contributed by atoms with Gasteiger partial charge in [-0.15, -0.1) is 0 Å². The average molecular weight is 250 g/mol. The zero-order valence-corrected chi connectivity index (χ0v) is 10.5.